The summed E-state index contributed by atoms with van der Waals surface area (Å²) in [6.07, 6.45) is 3.72. The molecule has 2 N–H and O–H groups in total. The zero-order chi connectivity index (χ0) is 16.1. The van der Waals surface area contributed by atoms with Gasteiger partial charge in [0.15, 0.2) is 5.75 Å². The van der Waals surface area contributed by atoms with Crippen LogP contribution in [0.1, 0.15) is 36.0 Å². The Kier molecular flexibility index (Phi) is 5.32. The molecule has 120 valence electrons. The number of ether oxygens (including phenoxy) is 1. The average molecular weight is 307 g/mol. The zero-order valence-electron chi connectivity index (χ0n) is 12.7. The molecule has 0 saturated carbocycles. The average Bonchev–Trinajstić information content (AvgIpc) is 2.54. The number of amides is 1. The fraction of sp³-hybridized carbons (Fsp3) is 0.533. The van der Waals surface area contributed by atoms with Crippen molar-refractivity contribution in [1.82, 2.24) is 4.90 Å². The van der Waals surface area contributed by atoms with Gasteiger partial charge < -0.3 is 15.4 Å². The van der Waals surface area contributed by atoms with Crippen LogP contribution in [0.5, 0.6) is 5.75 Å². The van der Waals surface area contributed by atoms with Crippen molar-refractivity contribution >= 4 is 11.6 Å². The molecule has 1 atom stereocenters. The Hall–Kier alpha value is -2.15. The number of carbonyl (C=O) groups is 1. The Balaban J connectivity index is 2.28. The highest BCUT2D eigenvalue weighted by molar-refractivity contribution is 5.95. The number of carbonyl (C=O) groups excluding carboxylic acids is 1. The number of rotatable bonds is 5. The van der Waals surface area contributed by atoms with Gasteiger partial charge in [-0.1, -0.05) is 0 Å². The van der Waals surface area contributed by atoms with Gasteiger partial charge in [0.05, 0.1) is 12.0 Å². The molecule has 1 amide bonds. The van der Waals surface area contributed by atoms with Gasteiger partial charge in [0.25, 0.3) is 5.91 Å². The second kappa shape index (κ2) is 7.22. The monoisotopic (exact) mass is 307 g/mol. The normalized spacial score (nSPS) is 18.1. The van der Waals surface area contributed by atoms with Crippen LogP contribution in [0.15, 0.2) is 18.2 Å². The second-order valence-electron chi connectivity index (χ2n) is 5.37. The number of hydrogen-bond donors (Lipinski definition) is 1. The summed E-state index contributed by atoms with van der Waals surface area (Å²) in [4.78, 5) is 25.0. The fourth-order valence-electron chi connectivity index (χ4n) is 2.89. The molecule has 0 aliphatic carbocycles. The van der Waals surface area contributed by atoms with E-state index in [1.54, 1.807) is 11.0 Å². The molecule has 1 unspecified atom stereocenters. The first-order chi connectivity index (χ1) is 10.6. The maximum atomic E-state index is 12.7. The molecule has 7 nitrogen and oxygen atoms in total. The highest BCUT2D eigenvalue weighted by Gasteiger charge is 2.28. The van der Waals surface area contributed by atoms with Gasteiger partial charge in [-0.2, -0.15) is 0 Å². The van der Waals surface area contributed by atoms with Crippen molar-refractivity contribution in [3.8, 4) is 5.75 Å². The smallest absolute Gasteiger partial charge is 0.311 e. The minimum atomic E-state index is -0.539. The van der Waals surface area contributed by atoms with Crippen LogP contribution in [0, 0.1) is 10.1 Å². The third-order valence-electron chi connectivity index (χ3n) is 4.01. The first-order valence-corrected chi connectivity index (χ1v) is 7.42. The minimum Gasteiger partial charge on any atom is -0.490 e. The highest BCUT2D eigenvalue weighted by atomic mass is 16.6. The molecule has 1 fully saturated rings. The van der Waals surface area contributed by atoms with Gasteiger partial charge >= 0.3 is 5.69 Å². The third-order valence-corrected chi connectivity index (χ3v) is 4.01. The predicted octanol–water partition coefficient (Wildman–Crippen LogP) is 1.95. The van der Waals surface area contributed by atoms with Gasteiger partial charge in [0, 0.05) is 24.2 Å². The Morgan fingerprint density at radius 2 is 2.27 bits per heavy atom. The maximum absolute atomic E-state index is 12.7. The van der Waals surface area contributed by atoms with Gasteiger partial charge in [-0.05, 0) is 44.4 Å². The third kappa shape index (κ3) is 3.36. The summed E-state index contributed by atoms with van der Waals surface area (Å²) in [5, 5.41) is 11.1. The van der Waals surface area contributed by atoms with E-state index >= 15 is 0 Å². The molecular weight excluding hydrogens is 286 g/mol. The van der Waals surface area contributed by atoms with Crippen molar-refractivity contribution in [3.05, 3.63) is 33.9 Å². The van der Waals surface area contributed by atoms with E-state index in [-0.39, 0.29) is 23.4 Å². The van der Waals surface area contributed by atoms with Crippen molar-refractivity contribution in [2.75, 3.05) is 20.2 Å². The molecule has 0 radical (unpaired) electrons. The number of nitro groups is 1. The standard InChI is InChI=1S/C15H21N3O4/c1-22-14-6-5-11(10-13(14)18(20)21)15(19)17-9-3-2-4-12(17)7-8-16/h5-6,10,12H,2-4,7-9,16H2,1H3. The van der Waals surface area contributed by atoms with E-state index in [4.69, 9.17) is 10.5 Å². The molecule has 22 heavy (non-hydrogen) atoms. The van der Waals surface area contributed by atoms with Gasteiger partial charge in [0.2, 0.25) is 0 Å². The van der Waals surface area contributed by atoms with Crippen LogP contribution in [0.25, 0.3) is 0 Å². The summed E-state index contributed by atoms with van der Waals surface area (Å²) < 4.78 is 4.96. The molecule has 7 heteroatoms. The lowest BCUT2D eigenvalue weighted by Crippen LogP contribution is -2.44. The summed E-state index contributed by atoms with van der Waals surface area (Å²) in [5.41, 5.74) is 5.74. The zero-order valence-corrected chi connectivity index (χ0v) is 12.7. The largest absolute Gasteiger partial charge is 0.490 e. The van der Waals surface area contributed by atoms with Gasteiger partial charge in [0.1, 0.15) is 0 Å². The number of nitrogens with two attached hydrogens (primary N) is 1. The number of benzene rings is 1. The van der Waals surface area contributed by atoms with Crippen molar-refractivity contribution < 1.29 is 14.5 Å². The lowest BCUT2D eigenvalue weighted by molar-refractivity contribution is -0.385. The summed E-state index contributed by atoms with van der Waals surface area (Å²) >= 11 is 0. The predicted molar refractivity (Wildman–Crippen MR) is 82.0 cm³/mol. The summed E-state index contributed by atoms with van der Waals surface area (Å²) in [6.45, 7) is 1.19. The number of methoxy groups -OCH3 is 1. The fourth-order valence-corrected chi connectivity index (χ4v) is 2.89. The van der Waals surface area contributed by atoms with Crippen molar-refractivity contribution in [2.24, 2.45) is 5.73 Å². The van der Waals surface area contributed by atoms with Crippen molar-refractivity contribution in [3.63, 3.8) is 0 Å². The van der Waals surface area contributed by atoms with Crippen LogP contribution in [0.4, 0.5) is 5.69 Å². The number of nitrogens with zero attached hydrogens (tertiary/aromatic N) is 2. The van der Waals surface area contributed by atoms with Gasteiger partial charge in [-0.15, -0.1) is 0 Å². The first-order valence-electron chi connectivity index (χ1n) is 7.42. The van der Waals surface area contributed by atoms with E-state index in [1.165, 1.54) is 19.2 Å². The van der Waals surface area contributed by atoms with Crippen LogP contribution in [0.2, 0.25) is 0 Å². The van der Waals surface area contributed by atoms with E-state index in [1.807, 2.05) is 0 Å². The van der Waals surface area contributed by atoms with E-state index in [9.17, 15) is 14.9 Å². The topological polar surface area (TPSA) is 98.7 Å². The second-order valence-corrected chi connectivity index (χ2v) is 5.37. The van der Waals surface area contributed by atoms with Crippen LogP contribution in [-0.2, 0) is 0 Å². The number of piperidine rings is 1. The molecule has 1 aromatic rings. The Morgan fingerprint density at radius 1 is 1.50 bits per heavy atom. The van der Waals surface area contributed by atoms with E-state index in [0.717, 1.165) is 25.7 Å². The highest BCUT2D eigenvalue weighted by Crippen LogP contribution is 2.29. The first kappa shape index (κ1) is 16.2. The molecule has 2 rings (SSSR count). The quantitative estimate of drug-likeness (QED) is 0.662. The lowest BCUT2D eigenvalue weighted by atomic mass is 9.98. The van der Waals surface area contributed by atoms with E-state index in [0.29, 0.717) is 18.7 Å². The Bertz CT molecular complexity index is 560. The number of hydrogen-bond acceptors (Lipinski definition) is 5. The Morgan fingerprint density at radius 3 is 2.91 bits per heavy atom. The lowest BCUT2D eigenvalue weighted by Gasteiger charge is -2.35. The van der Waals surface area contributed by atoms with Crippen LogP contribution in [-0.4, -0.2) is 42.0 Å². The molecule has 0 aromatic heterocycles. The molecule has 1 aromatic carbocycles. The molecule has 1 aliphatic heterocycles. The number of nitro benzene ring substituents is 1. The molecule has 1 heterocycles. The van der Waals surface area contributed by atoms with Gasteiger partial charge in [-0.25, -0.2) is 0 Å². The Labute approximate surface area is 129 Å². The van der Waals surface area contributed by atoms with E-state index < -0.39 is 4.92 Å². The summed E-state index contributed by atoms with van der Waals surface area (Å²) in [7, 11) is 1.37. The maximum Gasteiger partial charge on any atom is 0.311 e. The molecule has 0 spiro atoms. The van der Waals surface area contributed by atoms with Crippen molar-refractivity contribution in [1.29, 1.82) is 0 Å². The molecular formula is C15H21N3O4. The molecule has 1 aliphatic rings. The van der Waals surface area contributed by atoms with Crippen LogP contribution >= 0.6 is 0 Å². The molecule has 0 bridgehead atoms. The minimum absolute atomic E-state index is 0.118. The molecule has 1 saturated heterocycles. The van der Waals surface area contributed by atoms with Gasteiger partial charge in [-0.3, -0.25) is 14.9 Å². The van der Waals surface area contributed by atoms with Crippen LogP contribution in [0.3, 0.4) is 0 Å². The van der Waals surface area contributed by atoms with Crippen molar-refractivity contribution in [2.45, 2.75) is 31.7 Å². The SMILES string of the molecule is COc1ccc(C(=O)N2CCCCC2CCN)cc1[N+](=O)[O-]. The van der Waals surface area contributed by atoms with Crippen LogP contribution < -0.4 is 10.5 Å². The number of likely N-dealkylation sites (tertiary alicyclic amines) is 1. The summed E-state index contributed by atoms with van der Waals surface area (Å²) in [5.74, 6) is -0.0254. The summed E-state index contributed by atoms with van der Waals surface area (Å²) in [6, 6.07) is 4.44. The van der Waals surface area contributed by atoms with E-state index in [2.05, 4.69) is 0 Å².